The topological polar surface area (TPSA) is 74.6 Å². The molecule has 0 spiro atoms. The van der Waals surface area contributed by atoms with E-state index < -0.39 is 11.9 Å². The number of carboxylic acid groups (broad SMARTS) is 2. The Morgan fingerprint density at radius 3 is 1.08 bits per heavy atom. The first-order chi connectivity index (χ1) is 5.29. The number of carboxylic acids is 2. The molecule has 0 saturated carbocycles. The van der Waals surface area contributed by atoms with E-state index in [1.807, 2.05) is 0 Å². The number of rotatable bonds is 2. The van der Waals surface area contributed by atoms with Gasteiger partial charge in [0.2, 0.25) is 0 Å². The molecule has 0 saturated heterocycles. The quantitative estimate of drug-likeness (QED) is 0.624. The van der Waals surface area contributed by atoms with E-state index in [2.05, 4.69) is 13.2 Å². The van der Waals surface area contributed by atoms with Crippen LogP contribution in [0.3, 0.4) is 0 Å². The van der Waals surface area contributed by atoms with Crippen molar-refractivity contribution in [1.29, 1.82) is 0 Å². The summed E-state index contributed by atoms with van der Waals surface area (Å²) in [4.78, 5) is 19.2. The molecule has 0 atom stereocenters. The van der Waals surface area contributed by atoms with Crippen LogP contribution in [0.2, 0.25) is 0 Å². The summed E-state index contributed by atoms with van der Waals surface area (Å²) >= 11 is 0. The van der Waals surface area contributed by atoms with Gasteiger partial charge < -0.3 is 10.2 Å². The molecule has 0 bridgehead atoms. The summed E-state index contributed by atoms with van der Waals surface area (Å²) in [5.74, 6) is -1.87. The van der Waals surface area contributed by atoms with Gasteiger partial charge in [0, 0.05) is 12.6 Å². The summed E-state index contributed by atoms with van der Waals surface area (Å²) < 4.78 is 0. The fraction of sp³-hybridized carbons (Fsp3) is 0.250. The summed E-state index contributed by atoms with van der Waals surface area (Å²) in [7, 11) is 0. The van der Waals surface area contributed by atoms with E-state index in [1.54, 1.807) is 0 Å². The SMILES string of the molecule is C=C(C)C(=O)O.C=C(C)C(=O)O.[2HH]. The molecule has 2 N–H and O–H groups in total. The molecule has 0 unspecified atom stereocenters. The van der Waals surface area contributed by atoms with Crippen LogP contribution in [-0.2, 0) is 9.59 Å². The van der Waals surface area contributed by atoms with Gasteiger partial charge in [0.25, 0.3) is 0 Å². The molecular weight excluding hydrogens is 160 g/mol. The molecule has 4 nitrogen and oxygen atoms in total. The molecule has 0 radical (unpaired) electrons. The zero-order valence-electron chi connectivity index (χ0n) is 7.13. The molecule has 0 fully saturated rings. The Bertz CT molecular complexity index is 172. The first kappa shape index (κ1) is 13.0. The van der Waals surface area contributed by atoms with Gasteiger partial charge in [0.1, 0.15) is 0 Å². The minimum absolute atomic E-state index is 0. The van der Waals surface area contributed by atoms with Gasteiger partial charge >= 0.3 is 11.9 Å². The number of carbonyl (C=O) groups is 2. The Morgan fingerprint density at radius 1 is 1.00 bits per heavy atom. The van der Waals surface area contributed by atoms with Gasteiger partial charge in [-0.15, -0.1) is 0 Å². The van der Waals surface area contributed by atoms with Gasteiger partial charge in [-0.05, 0) is 13.8 Å². The molecule has 0 aromatic carbocycles. The number of hydrogen-bond donors (Lipinski definition) is 2. The van der Waals surface area contributed by atoms with Gasteiger partial charge in [-0.2, -0.15) is 0 Å². The summed E-state index contributed by atoms with van der Waals surface area (Å²) in [6.45, 7) is 9.20. The Morgan fingerprint density at radius 2 is 1.08 bits per heavy atom. The first-order valence-corrected chi connectivity index (χ1v) is 3.06. The Balaban J connectivity index is -0.000000143. The van der Waals surface area contributed by atoms with Crippen LogP contribution in [0, 0.1) is 0 Å². The highest BCUT2D eigenvalue weighted by Crippen LogP contribution is 1.81. The van der Waals surface area contributed by atoms with Crippen molar-refractivity contribution < 1.29 is 21.2 Å². The van der Waals surface area contributed by atoms with Crippen LogP contribution >= 0.6 is 0 Å². The monoisotopic (exact) mass is 175 g/mol. The van der Waals surface area contributed by atoms with E-state index in [1.165, 1.54) is 13.8 Å². The predicted octanol–water partition coefficient (Wildman–Crippen LogP) is 1.54. The smallest absolute Gasteiger partial charge is 0.330 e. The molecule has 0 aliphatic carbocycles. The van der Waals surface area contributed by atoms with Crippen LogP contribution in [0.1, 0.15) is 15.3 Å². The molecule has 0 heterocycles. The van der Waals surface area contributed by atoms with E-state index in [4.69, 9.17) is 10.2 Å². The highest BCUT2D eigenvalue weighted by Gasteiger charge is 1.90. The predicted molar refractivity (Wildman–Crippen MR) is 47.0 cm³/mol. The normalized spacial score (nSPS) is 7.50. The van der Waals surface area contributed by atoms with Crippen molar-refractivity contribution >= 4 is 11.9 Å². The van der Waals surface area contributed by atoms with E-state index in [0.717, 1.165) is 0 Å². The zero-order chi connectivity index (χ0) is 10.3. The van der Waals surface area contributed by atoms with Crippen molar-refractivity contribution in [2.45, 2.75) is 13.8 Å². The van der Waals surface area contributed by atoms with Crippen LogP contribution in [0.5, 0.6) is 0 Å². The molecule has 0 aromatic heterocycles. The second-order valence-electron chi connectivity index (χ2n) is 2.17. The molecule has 0 rings (SSSR count). The fourth-order valence-electron chi connectivity index (χ4n) is 0. The van der Waals surface area contributed by atoms with E-state index >= 15 is 0 Å². The Labute approximate surface area is 72.3 Å². The lowest BCUT2D eigenvalue weighted by atomic mass is 10.4. The van der Waals surface area contributed by atoms with Crippen LogP contribution < -0.4 is 0 Å². The molecular formula is C8H14O4. The van der Waals surface area contributed by atoms with Gasteiger partial charge in [-0.25, -0.2) is 9.59 Å². The largest absolute Gasteiger partial charge is 0.478 e. The third-order valence-corrected chi connectivity index (χ3v) is 0.730. The minimum atomic E-state index is -0.935. The maximum absolute atomic E-state index is 9.60. The maximum atomic E-state index is 9.60. The van der Waals surface area contributed by atoms with Gasteiger partial charge in [0.15, 0.2) is 0 Å². The second-order valence-corrected chi connectivity index (χ2v) is 2.17. The molecule has 0 aliphatic heterocycles. The van der Waals surface area contributed by atoms with Crippen LogP contribution in [0.4, 0.5) is 0 Å². The summed E-state index contributed by atoms with van der Waals surface area (Å²) in [5, 5.41) is 15.8. The molecule has 70 valence electrons. The summed E-state index contributed by atoms with van der Waals surface area (Å²) in [6, 6.07) is 0. The molecule has 0 aliphatic rings. The third-order valence-electron chi connectivity index (χ3n) is 0.730. The third kappa shape index (κ3) is 11.2. The average Bonchev–Trinajstić information content (AvgIpc) is 1.88. The molecule has 0 amide bonds. The summed E-state index contributed by atoms with van der Waals surface area (Å²) in [5.41, 5.74) is 0.352. The van der Waals surface area contributed by atoms with Gasteiger partial charge in [-0.3, -0.25) is 0 Å². The van der Waals surface area contributed by atoms with Gasteiger partial charge in [0.05, 0.1) is 0 Å². The lowest BCUT2D eigenvalue weighted by Crippen LogP contribution is -1.92. The number of hydrogen-bond acceptors (Lipinski definition) is 2. The lowest BCUT2D eigenvalue weighted by molar-refractivity contribution is -0.133. The molecule has 12 heavy (non-hydrogen) atoms. The fourth-order valence-corrected chi connectivity index (χ4v) is 0. The van der Waals surface area contributed by atoms with Crippen molar-refractivity contribution in [3.8, 4) is 0 Å². The number of aliphatic carboxylic acids is 2. The lowest BCUT2D eigenvalue weighted by Gasteiger charge is -1.79. The average molecular weight is 175 g/mol. The standard InChI is InChI=1S/2C4H6O2.H2/c2*1-3(2)4(5)6;/h2*1H2,2H3,(H,5,6);1H/i;;1+1. The van der Waals surface area contributed by atoms with E-state index in [-0.39, 0.29) is 12.6 Å². The first-order valence-electron chi connectivity index (χ1n) is 3.06. The van der Waals surface area contributed by atoms with Crippen LogP contribution in [-0.4, -0.2) is 22.2 Å². The maximum Gasteiger partial charge on any atom is 0.330 e. The molecule has 0 aromatic rings. The van der Waals surface area contributed by atoms with Crippen LogP contribution in [0.15, 0.2) is 24.3 Å². The highest BCUT2D eigenvalue weighted by atomic mass is 16.4. The zero-order valence-corrected chi connectivity index (χ0v) is 7.13. The highest BCUT2D eigenvalue weighted by molar-refractivity contribution is 5.85. The Hall–Kier alpha value is -1.58. The van der Waals surface area contributed by atoms with Crippen molar-refractivity contribution in [2.75, 3.05) is 0 Å². The van der Waals surface area contributed by atoms with Crippen molar-refractivity contribution in [1.82, 2.24) is 0 Å². The second kappa shape index (κ2) is 6.15. The summed E-state index contributed by atoms with van der Waals surface area (Å²) in [6.07, 6.45) is 0. The minimum Gasteiger partial charge on any atom is -0.478 e. The molecule has 4 heteroatoms. The van der Waals surface area contributed by atoms with E-state index in [9.17, 15) is 9.59 Å². The van der Waals surface area contributed by atoms with Crippen molar-refractivity contribution in [2.24, 2.45) is 0 Å². The van der Waals surface area contributed by atoms with Crippen molar-refractivity contribution in [3.05, 3.63) is 24.3 Å². The Kier molecular flexibility index (Phi) is 6.69. The van der Waals surface area contributed by atoms with E-state index in [0.29, 0.717) is 0 Å². The van der Waals surface area contributed by atoms with Gasteiger partial charge in [-0.1, -0.05) is 13.2 Å². The van der Waals surface area contributed by atoms with Crippen molar-refractivity contribution in [3.63, 3.8) is 0 Å². The van der Waals surface area contributed by atoms with Crippen LogP contribution in [0.25, 0.3) is 0 Å².